The fourth-order valence-electron chi connectivity index (χ4n) is 1.36. The Morgan fingerprint density at radius 1 is 1.38 bits per heavy atom. The van der Waals surface area contributed by atoms with E-state index in [1.165, 1.54) is 0 Å². The number of benzene rings is 1. The molecule has 2 aromatic rings. The molecule has 0 spiro atoms. The van der Waals surface area contributed by atoms with Crippen LogP contribution in [0.25, 0.3) is 11.0 Å². The van der Waals surface area contributed by atoms with Gasteiger partial charge in [0.25, 0.3) is 0 Å². The largest absolute Gasteiger partial charge is 0.504 e. The molecular weight excluding hydrogens is 168 g/mol. The van der Waals surface area contributed by atoms with Crippen molar-refractivity contribution in [3.63, 3.8) is 0 Å². The van der Waals surface area contributed by atoms with Crippen LogP contribution in [0.15, 0.2) is 22.6 Å². The molecule has 0 aliphatic rings. The van der Waals surface area contributed by atoms with E-state index < -0.39 is 0 Å². The van der Waals surface area contributed by atoms with Gasteiger partial charge in [-0.2, -0.15) is 0 Å². The van der Waals surface area contributed by atoms with Crippen LogP contribution in [-0.2, 0) is 0 Å². The van der Waals surface area contributed by atoms with Gasteiger partial charge in [-0.05, 0) is 19.1 Å². The third-order valence-electron chi connectivity index (χ3n) is 2.04. The summed E-state index contributed by atoms with van der Waals surface area (Å²) in [5.41, 5.74) is 0.597. The van der Waals surface area contributed by atoms with E-state index in [2.05, 4.69) is 0 Å². The van der Waals surface area contributed by atoms with Crippen LogP contribution in [-0.4, -0.2) is 12.2 Å². The Bertz CT molecular complexity index is 443. The maximum absolute atomic E-state index is 9.57. The van der Waals surface area contributed by atoms with Crippen molar-refractivity contribution in [2.75, 3.05) is 7.11 Å². The number of hydrogen-bond donors (Lipinski definition) is 1. The lowest BCUT2D eigenvalue weighted by Gasteiger charge is -1.98. The van der Waals surface area contributed by atoms with E-state index in [4.69, 9.17) is 9.15 Å². The minimum absolute atomic E-state index is 0.189. The highest BCUT2D eigenvalue weighted by molar-refractivity contribution is 5.89. The van der Waals surface area contributed by atoms with E-state index in [9.17, 15) is 5.11 Å². The third-order valence-corrected chi connectivity index (χ3v) is 2.04. The van der Waals surface area contributed by atoms with Gasteiger partial charge in [-0.1, -0.05) is 6.07 Å². The smallest absolute Gasteiger partial charge is 0.180 e. The van der Waals surface area contributed by atoms with Crippen LogP contribution in [0.3, 0.4) is 0 Å². The number of ether oxygens (including phenoxy) is 1. The Morgan fingerprint density at radius 2 is 2.15 bits per heavy atom. The lowest BCUT2D eigenvalue weighted by atomic mass is 10.2. The molecule has 1 aromatic heterocycles. The van der Waals surface area contributed by atoms with Crippen LogP contribution in [0.2, 0.25) is 0 Å². The summed E-state index contributed by atoms with van der Waals surface area (Å²) in [4.78, 5) is 0. The van der Waals surface area contributed by atoms with Gasteiger partial charge in [0.1, 0.15) is 5.76 Å². The molecule has 1 heterocycles. The van der Waals surface area contributed by atoms with Crippen LogP contribution in [0.4, 0.5) is 0 Å². The second-order valence-corrected chi connectivity index (χ2v) is 2.84. The highest BCUT2D eigenvalue weighted by atomic mass is 16.5. The van der Waals surface area contributed by atoms with Crippen molar-refractivity contribution in [2.45, 2.75) is 6.92 Å². The topological polar surface area (TPSA) is 42.6 Å². The van der Waals surface area contributed by atoms with Crippen LogP contribution >= 0.6 is 0 Å². The molecule has 3 nitrogen and oxygen atoms in total. The van der Waals surface area contributed by atoms with E-state index >= 15 is 0 Å². The number of furan rings is 1. The summed E-state index contributed by atoms with van der Waals surface area (Å²) >= 11 is 0. The van der Waals surface area contributed by atoms with Gasteiger partial charge in [0.05, 0.1) is 12.5 Å². The number of para-hydroxylation sites is 1. The van der Waals surface area contributed by atoms with E-state index in [0.29, 0.717) is 22.5 Å². The van der Waals surface area contributed by atoms with Crippen LogP contribution < -0.4 is 4.74 Å². The molecule has 0 aliphatic carbocycles. The van der Waals surface area contributed by atoms with Crippen LogP contribution in [0, 0.1) is 6.92 Å². The summed E-state index contributed by atoms with van der Waals surface area (Å²) in [5, 5.41) is 10.3. The van der Waals surface area contributed by atoms with Crippen molar-refractivity contribution in [3.8, 4) is 11.5 Å². The Kier molecular flexibility index (Phi) is 1.65. The number of rotatable bonds is 1. The molecule has 0 amide bonds. The lowest BCUT2D eigenvalue weighted by molar-refractivity contribution is 0.406. The van der Waals surface area contributed by atoms with Crippen LogP contribution in [0.1, 0.15) is 5.76 Å². The average molecular weight is 178 g/mol. The summed E-state index contributed by atoms with van der Waals surface area (Å²) in [6, 6.07) is 5.41. The SMILES string of the molecule is COc1cccc2c(O)c(C)oc12. The van der Waals surface area contributed by atoms with E-state index in [1.807, 2.05) is 6.07 Å². The van der Waals surface area contributed by atoms with Gasteiger partial charge in [0.15, 0.2) is 17.1 Å². The zero-order chi connectivity index (χ0) is 9.42. The molecule has 0 fully saturated rings. The molecule has 0 unspecified atom stereocenters. The lowest BCUT2D eigenvalue weighted by Crippen LogP contribution is -1.81. The minimum atomic E-state index is 0.189. The maximum Gasteiger partial charge on any atom is 0.180 e. The second kappa shape index (κ2) is 2.69. The molecule has 1 aromatic carbocycles. The fraction of sp³-hybridized carbons (Fsp3) is 0.200. The first-order valence-electron chi connectivity index (χ1n) is 3.99. The predicted molar refractivity (Wildman–Crippen MR) is 49.2 cm³/mol. The fourth-order valence-corrected chi connectivity index (χ4v) is 1.36. The molecule has 68 valence electrons. The normalized spacial score (nSPS) is 10.6. The van der Waals surface area contributed by atoms with Crippen molar-refractivity contribution in [1.82, 2.24) is 0 Å². The molecule has 0 radical (unpaired) electrons. The van der Waals surface area contributed by atoms with Gasteiger partial charge in [-0.15, -0.1) is 0 Å². The zero-order valence-corrected chi connectivity index (χ0v) is 7.50. The van der Waals surface area contributed by atoms with Gasteiger partial charge >= 0.3 is 0 Å². The summed E-state index contributed by atoms with van der Waals surface area (Å²) in [6.07, 6.45) is 0. The minimum Gasteiger partial charge on any atom is -0.504 e. The zero-order valence-electron chi connectivity index (χ0n) is 7.50. The Balaban J connectivity index is 2.84. The van der Waals surface area contributed by atoms with Gasteiger partial charge in [0.2, 0.25) is 0 Å². The maximum atomic E-state index is 9.57. The third kappa shape index (κ3) is 1.04. The molecule has 0 saturated carbocycles. The molecule has 0 saturated heterocycles. The van der Waals surface area contributed by atoms with E-state index in [0.717, 1.165) is 0 Å². The first-order valence-corrected chi connectivity index (χ1v) is 3.99. The van der Waals surface area contributed by atoms with Gasteiger partial charge in [-0.3, -0.25) is 0 Å². The number of hydrogen-bond acceptors (Lipinski definition) is 3. The molecule has 1 N–H and O–H groups in total. The van der Waals surface area contributed by atoms with Crippen LogP contribution in [0.5, 0.6) is 11.5 Å². The molecule has 0 aliphatic heterocycles. The highest BCUT2D eigenvalue weighted by Crippen LogP contribution is 2.36. The first kappa shape index (κ1) is 7.98. The van der Waals surface area contributed by atoms with Crippen molar-refractivity contribution in [1.29, 1.82) is 0 Å². The standard InChI is InChI=1S/C10H10O3/c1-6-9(11)7-4-3-5-8(12-2)10(7)13-6/h3-5,11H,1-2H3. The monoisotopic (exact) mass is 178 g/mol. The summed E-state index contributed by atoms with van der Waals surface area (Å²) < 4.78 is 10.4. The predicted octanol–water partition coefficient (Wildman–Crippen LogP) is 2.46. The molecule has 2 rings (SSSR count). The highest BCUT2D eigenvalue weighted by Gasteiger charge is 2.12. The van der Waals surface area contributed by atoms with Gasteiger partial charge < -0.3 is 14.3 Å². The van der Waals surface area contributed by atoms with E-state index in [1.54, 1.807) is 26.2 Å². The molecule has 0 atom stereocenters. The van der Waals surface area contributed by atoms with Crippen molar-refractivity contribution in [2.24, 2.45) is 0 Å². The quantitative estimate of drug-likeness (QED) is 0.729. The molecular formula is C10H10O3. The summed E-state index contributed by atoms with van der Waals surface area (Å²) in [6.45, 7) is 1.72. The first-order chi connectivity index (χ1) is 6.24. The van der Waals surface area contributed by atoms with E-state index in [-0.39, 0.29) is 5.75 Å². The van der Waals surface area contributed by atoms with Crippen molar-refractivity contribution < 1.29 is 14.3 Å². The van der Waals surface area contributed by atoms with Crippen molar-refractivity contribution in [3.05, 3.63) is 24.0 Å². The van der Waals surface area contributed by atoms with Crippen molar-refractivity contribution >= 4 is 11.0 Å². The van der Waals surface area contributed by atoms with Gasteiger partial charge in [-0.25, -0.2) is 0 Å². The number of fused-ring (bicyclic) bond motifs is 1. The Morgan fingerprint density at radius 3 is 2.85 bits per heavy atom. The summed E-state index contributed by atoms with van der Waals surface area (Å²) in [7, 11) is 1.57. The average Bonchev–Trinajstić information content (AvgIpc) is 2.43. The molecule has 0 bridgehead atoms. The van der Waals surface area contributed by atoms with Gasteiger partial charge in [0, 0.05) is 0 Å². The molecule has 13 heavy (non-hydrogen) atoms. The number of methoxy groups -OCH3 is 1. The second-order valence-electron chi connectivity index (χ2n) is 2.84. The summed E-state index contributed by atoms with van der Waals surface area (Å²) in [5.74, 6) is 1.34. The number of aryl methyl sites for hydroxylation is 1. The molecule has 3 heteroatoms. The Labute approximate surface area is 75.5 Å². The Hall–Kier alpha value is -1.64. The number of aromatic hydroxyl groups is 1.